The number of nitrogens with zero attached hydrogens (tertiary/aromatic N) is 3. The summed E-state index contributed by atoms with van der Waals surface area (Å²) in [5.41, 5.74) is 3.15. The molecule has 0 bridgehead atoms. The molecule has 0 radical (unpaired) electrons. The highest BCUT2D eigenvalue weighted by Crippen LogP contribution is 2.24. The number of ether oxygens (including phenoxy) is 1. The van der Waals surface area contributed by atoms with Crippen LogP contribution in [0.15, 0.2) is 46.3 Å². The lowest BCUT2D eigenvalue weighted by Gasteiger charge is -2.22. The molecule has 0 fully saturated rings. The molecule has 2 aromatic carbocycles. The van der Waals surface area contributed by atoms with Crippen molar-refractivity contribution in [2.75, 3.05) is 19.7 Å². The van der Waals surface area contributed by atoms with E-state index in [0.29, 0.717) is 17.9 Å². The van der Waals surface area contributed by atoms with E-state index in [2.05, 4.69) is 4.99 Å². The highest BCUT2D eigenvalue weighted by molar-refractivity contribution is 7.89. The van der Waals surface area contributed by atoms with Crippen LogP contribution in [0.4, 0.5) is 0 Å². The summed E-state index contributed by atoms with van der Waals surface area (Å²) in [6.45, 7) is 10.9. The lowest BCUT2D eigenvalue weighted by atomic mass is 10.1. The van der Waals surface area contributed by atoms with Crippen molar-refractivity contribution in [2.24, 2.45) is 4.99 Å². The van der Waals surface area contributed by atoms with Crippen molar-refractivity contribution >= 4 is 43.5 Å². The van der Waals surface area contributed by atoms with Gasteiger partial charge in [-0.1, -0.05) is 44.1 Å². The fraction of sp³-hybridized carbons (Fsp3) is 0.464. The Labute approximate surface area is 229 Å². The molecule has 1 heterocycles. The standard InChI is InChI=1S/C28H37N3O5S2/c1-6-9-15-30(16-10-7-2)38(34,35)23-13-11-22(12-14-23)27(33)29-28-31(19-25(32)36-8-3)24-18-20(4)17-21(5)26(24)37-28/h11-14,17-18H,6-10,15-16,19H2,1-5H3. The highest BCUT2D eigenvalue weighted by Gasteiger charge is 2.24. The van der Waals surface area contributed by atoms with Gasteiger partial charge in [0.25, 0.3) is 5.91 Å². The van der Waals surface area contributed by atoms with E-state index in [0.717, 1.165) is 47.0 Å². The Morgan fingerprint density at radius 1 is 1.00 bits per heavy atom. The normalized spacial score (nSPS) is 12.4. The first-order chi connectivity index (χ1) is 18.1. The van der Waals surface area contributed by atoms with Crippen molar-refractivity contribution in [2.45, 2.75) is 71.7 Å². The Hall–Kier alpha value is -2.82. The van der Waals surface area contributed by atoms with E-state index in [1.165, 1.54) is 39.9 Å². The van der Waals surface area contributed by atoms with E-state index in [1.54, 1.807) is 11.5 Å². The number of hydrogen-bond donors (Lipinski definition) is 0. The summed E-state index contributed by atoms with van der Waals surface area (Å²) in [6, 6.07) is 9.93. The second-order valence-corrected chi connectivity index (χ2v) is 12.2. The number of esters is 1. The molecule has 3 rings (SSSR count). The summed E-state index contributed by atoms with van der Waals surface area (Å²) in [7, 11) is -3.66. The summed E-state index contributed by atoms with van der Waals surface area (Å²) in [6.07, 6.45) is 3.39. The van der Waals surface area contributed by atoms with Gasteiger partial charge in [-0.3, -0.25) is 9.59 Å². The van der Waals surface area contributed by atoms with Crippen molar-refractivity contribution in [3.8, 4) is 0 Å². The van der Waals surface area contributed by atoms with E-state index in [-0.39, 0.29) is 23.6 Å². The summed E-state index contributed by atoms with van der Waals surface area (Å²) in [5.74, 6) is -0.924. The number of sulfonamides is 1. The second-order valence-electron chi connectivity index (χ2n) is 9.26. The van der Waals surface area contributed by atoms with E-state index in [9.17, 15) is 18.0 Å². The van der Waals surface area contributed by atoms with Gasteiger partial charge in [0, 0.05) is 18.7 Å². The number of benzene rings is 2. The smallest absolute Gasteiger partial charge is 0.326 e. The van der Waals surface area contributed by atoms with Crippen molar-refractivity contribution < 1.29 is 22.7 Å². The van der Waals surface area contributed by atoms with Gasteiger partial charge in [-0.25, -0.2) is 8.42 Å². The van der Waals surface area contributed by atoms with E-state index >= 15 is 0 Å². The minimum atomic E-state index is -3.66. The van der Waals surface area contributed by atoms with Crippen LogP contribution < -0.4 is 4.80 Å². The summed E-state index contributed by atoms with van der Waals surface area (Å²) >= 11 is 1.33. The van der Waals surface area contributed by atoms with Gasteiger partial charge in [0.2, 0.25) is 10.0 Å². The molecule has 206 valence electrons. The molecule has 0 N–H and O–H groups in total. The number of thiazole rings is 1. The molecule has 0 spiro atoms. The molecule has 8 nitrogen and oxygen atoms in total. The molecule has 0 atom stereocenters. The molecule has 0 unspecified atom stereocenters. The first kappa shape index (κ1) is 29.7. The Morgan fingerprint density at radius 2 is 1.63 bits per heavy atom. The van der Waals surface area contributed by atoms with Crippen LogP contribution in [0.3, 0.4) is 0 Å². The average molecular weight is 560 g/mol. The summed E-state index contributed by atoms with van der Waals surface area (Å²) in [4.78, 5) is 30.3. The molecular weight excluding hydrogens is 522 g/mol. The first-order valence-corrected chi connectivity index (χ1v) is 15.3. The second kappa shape index (κ2) is 13.3. The maximum Gasteiger partial charge on any atom is 0.326 e. The van der Waals surface area contributed by atoms with E-state index in [1.807, 2.05) is 39.8 Å². The monoisotopic (exact) mass is 559 g/mol. The van der Waals surface area contributed by atoms with Gasteiger partial charge >= 0.3 is 5.97 Å². The van der Waals surface area contributed by atoms with Crippen LogP contribution in [0.5, 0.6) is 0 Å². The Balaban J connectivity index is 1.97. The largest absolute Gasteiger partial charge is 0.465 e. The third-order valence-corrected chi connectivity index (χ3v) is 9.31. The third-order valence-electron chi connectivity index (χ3n) is 6.17. The number of aryl methyl sites for hydroxylation is 2. The molecule has 38 heavy (non-hydrogen) atoms. The van der Waals surface area contributed by atoms with Crippen molar-refractivity contribution in [1.29, 1.82) is 0 Å². The molecule has 0 saturated carbocycles. The Bertz CT molecular complexity index is 1450. The fourth-order valence-electron chi connectivity index (χ4n) is 4.18. The van der Waals surface area contributed by atoms with Gasteiger partial charge in [-0.15, -0.1) is 0 Å². The fourth-order valence-corrected chi connectivity index (χ4v) is 6.77. The number of unbranched alkanes of at least 4 members (excludes halogenated alkanes) is 2. The van der Waals surface area contributed by atoms with Crippen LogP contribution in [0.1, 0.15) is 67.9 Å². The minimum Gasteiger partial charge on any atom is -0.465 e. The molecule has 1 aromatic heterocycles. The molecule has 0 aliphatic carbocycles. The van der Waals surface area contributed by atoms with Crippen LogP contribution in [0.2, 0.25) is 0 Å². The molecule has 0 aliphatic heterocycles. The van der Waals surface area contributed by atoms with E-state index in [4.69, 9.17) is 4.74 Å². The number of hydrogen-bond acceptors (Lipinski definition) is 6. The molecule has 0 aliphatic rings. The van der Waals surface area contributed by atoms with Gasteiger partial charge in [0.1, 0.15) is 6.54 Å². The zero-order valence-electron chi connectivity index (χ0n) is 22.8. The van der Waals surface area contributed by atoms with E-state index < -0.39 is 21.9 Å². The third kappa shape index (κ3) is 6.98. The summed E-state index contributed by atoms with van der Waals surface area (Å²) < 4.78 is 35.8. The highest BCUT2D eigenvalue weighted by atomic mass is 32.2. The molecular formula is C28H37N3O5S2. The maximum atomic E-state index is 13.2. The lowest BCUT2D eigenvalue weighted by Crippen LogP contribution is -2.33. The number of carbonyl (C=O) groups is 2. The van der Waals surface area contributed by atoms with Crippen LogP contribution in [-0.4, -0.2) is 48.9 Å². The summed E-state index contributed by atoms with van der Waals surface area (Å²) in [5, 5.41) is 0. The number of fused-ring (bicyclic) bond motifs is 1. The topological polar surface area (TPSA) is 98.0 Å². The molecule has 3 aromatic rings. The molecule has 10 heteroatoms. The van der Waals surface area contributed by atoms with Gasteiger partial charge in [0.15, 0.2) is 4.80 Å². The van der Waals surface area contributed by atoms with Crippen molar-refractivity contribution in [1.82, 2.24) is 8.87 Å². The lowest BCUT2D eigenvalue weighted by molar-refractivity contribution is -0.143. The minimum absolute atomic E-state index is 0.0641. The number of carbonyl (C=O) groups excluding carboxylic acids is 2. The van der Waals surface area contributed by atoms with Crippen LogP contribution in [0.25, 0.3) is 10.2 Å². The number of rotatable bonds is 12. The van der Waals surface area contributed by atoms with Crippen LogP contribution in [-0.2, 0) is 26.1 Å². The van der Waals surface area contributed by atoms with Gasteiger partial charge < -0.3 is 9.30 Å². The SMILES string of the molecule is CCCCN(CCCC)S(=O)(=O)c1ccc(C(=O)N=c2sc3c(C)cc(C)cc3n2CC(=O)OCC)cc1. The number of amides is 1. The Morgan fingerprint density at radius 3 is 2.21 bits per heavy atom. The number of aromatic nitrogens is 1. The van der Waals surface area contributed by atoms with Gasteiger partial charge in [-0.2, -0.15) is 9.30 Å². The van der Waals surface area contributed by atoms with Crippen LogP contribution in [0, 0.1) is 13.8 Å². The average Bonchev–Trinajstić information content (AvgIpc) is 3.21. The van der Waals surface area contributed by atoms with Gasteiger partial charge in [-0.05, 0) is 75.1 Å². The van der Waals surface area contributed by atoms with Crippen molar-refractivity contribution in [3.05, 3.63) is 57.9 Å². The molecule has 1 amide bonds. The van der Waals surface area contributed by atoms with Gasteiger partial charge in [0.05, 0.1) is 21.7 Å². The first-order valence-electron chi connectivity index (χ1n) is 13.1. The Kier molecular flexibility index (Phi) is 10.4. The van der Waals surface area contributed by atoms with Crippen molar-refractivity contribution in [3.63, 3.8) is 0 Å². The van der Waals surface area contributed by atoms with Crippen LogP contribution >= 0.6 is 11.3 Å². The zero-order valence-corrected chi connectivity index (χ0v) is 24.5. The quantitative estimate of drug-likeness (QED) is 0.284. The zero-order chi connectivity index (χ0) is 27.9. The molecule has 0 saturated heterocycles. The predicted molar refractivity (Wildman–Crippen MR) is 151 cm³/mol. The predicted octanol–water partition coefficient (Wildman–Crippen LogP) is 5.21. The maximum absolute atomic E-state index is 13.2.